The van der Waals surface area contributed by atoms with Crippen LogP contribution in [0.4, 0.5) is 45.5 Å². The topological polar surface area (TPSA) is 22.9 Å². The number of benzene rings is 9. The van der Waals surface area contributed by atoms with E-state index in [1.165, 1.54) is 66.7 Å². The van der Waals surface area contributed by atoms with Crippen LogP contribution < -0.4 is 25.5 Å². The molecule has 0 saturated carbocycles. The zero-order valence-corrected chi connectivity index (χ0v) is 46.7. The molecule has 12 rings (SSSR count). The molecule has 378 valence electrons. The molecule has 0 N–H and O–H groups in total. The van der Waals surface area contributed by atoms with E-state index in [0.717, 1.165) is 61.8 Å². The van der Waals surface area contributed by atoms with Crippen molar-refractivity contribution in [2.75, 3.05) is 14.6 Å². The minimum Gasteiger partial charge on any atom is -0.456 e. The number of furan rings is 1. The Labute approximate surface area is 451 Å². The van der Waals surface area contributed by atoms with Crippen molar-refractivity contribution in [3.63, 3.8) is 0 Å². The Hall–Kier alpha value is -7.76. The van der Waals surface area contributed by atoms with Gasteiger partial charge in [-0.25, -0.2) is 0 Å². The Morgan fingerprint density at radius 1 is 0.395 bits per heavy atom. The van der Waals surface area contributed by atoms with E-state index < -0.39 is 0 Å². The zero-order chi connectivity index (χ0) is 53.2. The lowest BCUT2D eigenvalue weighted by molar-refractivity contribution is 0.590. The maximum atomic E-state index is 6.85. The van der Waals surface area contributed by atoms with Gasteiger partial charge in [-0.3, -0.25) is 0 Å². The second-order valence-electron chi connectivity index (χ2n) is 25.6. The van der Waals surface area contributed by atoms with Gasteiger partial charge in [-0.05, 0) is 169 Å². The summed E-state index contributed by atoms with van der Waals surface area (Å²) < 4.78 is 6.85. The largest absolute Gasteiger partial charge is 0.456 e. The van der Waals surface area contributed by atoms with Crippen LogP contribution in [0.25, 0.3) is 44.2 Å². The Morgan fingerprint density at radius 2 is 0.934 bits per heavy atom. The van der Waals surface area contributed by atoms with E-state index in [1.54, 1.807) is 0 Å². The average Bonchev–Trinajstić information content (AvgIpc) is 3.93. The average molecular weight is 992 g/mol. The third-order valence-corrected chi connectivity index (χ3v) is 16.1. The number of hydrogen-bond acceptors (Lipinski definition) is 4. The molecule has 0 amide bonds. The normalized spacial score (nSPS) is 13.5. The molecule has 76 heavy (non-hydrogen) atoms. The Kier molecular flexibility index (Phi) is 11.4. The highest BCUT2D eigenvalue weighted by Crippen LogP contribution is 2.52. The maximum Gasteiger partial charge on any atom is 0.333 e. The van der Waals surface area contributed by atoms with E-state index >= 15 is 0 Å². The van der Waals surface area contributed by atoms with Crippen LogP contribution >= 0.6 is 0 Å². The zero-order valence-electron chi connectivity index (χ0n) is 46.7. The summed E-state index contributed by atoms with van der Waals surface area (Å²) in [6.07, 6.45) is 0. The first-order valence-corrected chi connectivity index (χ1v) is 27.3. The van der Waals surface area contributed by atoms with E-state index in [1.807, 2.05) is 0 Å². The number of para-hydroxylation sites is 1. The summed E-state index contributed by atoms with van der Waals surface area (Å²) in [5, 5.41) is 2.22. The Morgan fingerprint density at radius 3 is 1.54 bits per heavy atom. The number of aryl methyl sites for hydroxylation is 1. The van der Waals surface area contributed by atoms with Crippen LogP contribution in [0, 0.1) is 6.92 Å². The third-order valence-electron chi connectivity index (χ3n) is 16.1. The quantitative estimate of drug-likeness (QED) is 0.155. The third kappa shape index (κ3) is 8.40. The molecule has 0 radical (unpaired) electrons. The summed E-state index contributed by atoms with van der Waals surface area (Å²) in [4.78, 5) is 7.65. The molecule has 0 bridgehead atoms. The summed E-state index contributed by atoms with van der Waals surface area (Å²) in [7, 11) is 0. The summed E-state index contributed by atoms with van der Waals surface area (Å²) >= 11 is 0. The van der Waals surface area contributed by atoms with Crippen LogP contribution in [0.2, 0.25) is 0 Å². The molecule has 0 fully saturated rings. The summed E-state index contributed by atoms with van der Waals surface area (Å²) in [6.45, 7) is 29.6. The van der Waals surface area contributed by atoms with Gasteiger partial charge in [0.25, 0.3) is 0 Å². The van der Waals surface area contributed by atoms with E-state index in [4.69, 9.17) is 4.42 Å². The molecule has 3 heterocycles. The molecule has 5 heteroatoms. The molecule has 0 unspecified atom stereocenters. The second kappa shape index (κ2) is 17.7. The molecular weight excluding hydrogens is 922 g/mol. The molecule has 0 atom stereocenters. The lowest BCUT2D eigenvalue weighted by Crippen LogP contribution is -2.61. The number of nitrogens with zero attached hydrogens (tertiary/aromatic N) is 3. The van der Waals surface area contributed by atoms with E-state index in [0.29, 0.717) is 0 Å². The fraction of sp³-hybridized carbons (Fsp3) is 0.239. The first-order valence-electron chi connectivity index (χ1n) is 27.3. The van der Waals surface area contributed by atoms with Crippen LogP contribution in [-0.2, 0) is 21.7 Å². The number of fused-ring (bicyclic) bond motifs is 7. The molecular formula is C71H70BN3O. The van der Waals surface area contributed by atoms with Crippen molar-refractivity contribution in [3.05, 3.63) is 216 Å². The van der Waals surface area contributed by atoms with Crippen molar-refractivity contribution in [2.45, 2.75) is 112 Å². The molecule has 0 aliphatic carbocycles. The molecule has 2 aliphatic heterocycles. The van der Waals surface area contributed by atoms with Crippen molar-refractivity contribution in [3.8, 4) is 22.3 Å². The molecule has 1 aromatic heterocycles. The molecule has 0 spiro atoms. The van der Waals surface area contributed by atoms with Crippen LogP contribution in [-0.4, -0.2) is 6.85 Å². The standard InChI is InChI=1S/C71H70BN3O/c1-45-39-59-57-42-54(73(51-30-23-47(24-31-51)68(2,3)4)52-32-25-48(26-33-52)69(5,6)7)36-38-62(57)75(53-34-27-49(28-35-53)70(8,9)10)72-60-44-66-58(55-21-17-18-22-65(55)76-66)43-63(60)74(64(40-45)67(59)72)61-37-29-50(71(11,12)13)41-56(61)46-19-15-14-16-20-46/h14-44H,1-13H3. The van der Waals surface area contributed by atoms with Crippen LogP contribution in [0.3, 0.4) is 0 Å². The minimum absolute atomic E-state index is 0.00596. The number of anilines is 8. The Balaban J connectivity index is 1.17. The molecule has 4 nitrogen and oxygen atoms in total. The minimum atomic E-state index is -0.201. The van der Waals surface area contributed by atoms with Gasteiger partial charge in [0, 0.05) is 61.7 Å². The smallest absolute Gasteiger partial charge is 0.333 e. The fourth-order valence-electron chi connectivity index (χ4n) is 11.8. The highest BCUT2D eigenvalue weighted by atomic mass is 16.3. The Bertz CT molecular complexity index is 3800. The van der Waals surface area contributed by atoms with Gasteiger partial charge in [-0.2, -0.15) is 0 Å². The van der Waals surface area contributed by atoms with Crippen molar-refractivity contribution < 1.29 is 4.42 Å². The summed E-state index contributed by atoms with van der Waals surface area (Å²) in [5.74, 6) is 0. The van der Waals surface area contributed by atoms with Crippen molar-refractivity contribution in [1.29, 1.82) is 0 Å². The summed E-state index contributed by atoms with van der Waals surface area (Å²) in [6, 6.07) is 71.2. The fourth-order valence-corrected chi connectivity index (χ4v) is 11.8. The van der Waals surface area contributed by atoms with Gasteiger partial charge >= 0.3 is 6.85 Å². The van der Waals surface area contributed by atoms with E-state index in [-0.39, 0.29) is 28.5 Å². The first kappa shape index (κ1) is 49.1. The second-order valence-corrected chi connectivity index (χ2v) is 25.6. The van der Waals surface area contributed by atoms with Gasteiger partial charge in [0.05, 0.1) is 5.69 Å². The molecule has 0 saturated heterocycles. The van der Waals surface area contributed by atoms with Gasteiger partial charge in [-0.15, -0.1) is 0 Å². The van der Waals surface area contributed by atoms with Crippen molar-refractivity contribution >= 4 is 85.2 Å². The first-order chi connectivity index (χ1) is 36.1. The summed E-state index contributed by atoms with van der Waals surface area (Å²) in [5.41, 5.74) is 24.6. The molecule has 2 aliphatic rings. The lowest BCUT2D eigenvalue weighted by atomic mass is 9.43. The highest BCUT2D eigenvalue weighted by molar-refractivity contribution is 6.93. The highest BCUT2D eigenvalue weighted by Gasteiger charge is 2.46. The van der Waals surface area contributed by atoms with Gasteiger partial charge in [0.15, 0.2) is 0 Å². The SMILES string of the molecule is Cc1cc2c3c(c1)N(c1ccc(C(C)(C)C)cc1-c1ccccc1)c1cc4c(cc1B3N(c1ccc(C(C)(C)C)cc1)c1ccc(N(c3ccc(C(C)(C)C)cc3)c3ccc(C(C)(C)C)cc3)cc1-2)oc1ccccc14. The number of hydrogen-bond donors (Lipinski definition) is 0. The number of rotatable bonds is 6. The van der Waals surface area contributed by atoms with Crippen LogP contribution in [0.15, 0.2) is 192 Å². The lowest BCUT2D eigenvalue weighted by Gasteiger charge is -2.46. The van der Waals surface area contributed by atoms with E-state index in [9.17, 15) is 0 Å². The molecule has 10 aromatic rings. The van der Waals surface area contributed by atoms with Gasteiger partial charge in [0.1, 0.15) is 11.2 Å². The maximum absolute atomic E-state index is 6.85. The van der Waals surface area contributed by atoms with Crippen LogP contribution in [0.5, 0.6) is 0 Å². The predicted octanol–water partition coefficient (Wildman–Crippen LogP) is 18.9. The van der Waals surface area contributed by atoms with Gasteiger partial charge in [-0.1, -0.05) is 180 Å². The van der Waals surface area contributed by atoms with Gasteiger partial charge in [0.2, 0.25) is 0 Å². The van der Waals surface area contributed by atoms with Crippen molar-refractivity contribution in [2.24, 2.45) is 0 Å². The van der Waals surface area contributed by atoms with Gasteiger partial charge < -0.3 is 19.0 Å². The van der Waals surface area contributed by atoms with Crippen LogP contribution in [0.1, 0.15) is 111 Å². The van der Waals surface area contributed by atoms with E-state index in [2.05, 4.69) is 293 Å². The monoisotopic (exact) mass is 992 g/mol. The predicted molar refractivity (Wildman–Crippen MR) is 327 cm³/mol. The van der Waals surface area contributed by atoms with Crippen molar-refractivity contribution in [1.82, 2.24) is 0 Å². The molecule has 9 aromatic carbocycles.